The Hall–Kier alpha value is -1.29. The van der Waals surface area contributed by atoms with Crippen molar-refractivity contribution in [3.63, 3.8) is 0 Å². The summed E-state index contributed by atoms with van der Waals surface area (Å²) in [5, 5.41) is 38.5. The van der Waals surface area contributed by atoms with E-state index in [0.29, 0.717) is 6.42 Å². The fourth-order valence-corrected chi connectivity index (χ4v) is 2.77. The van der Waals surface area contributed by atoms with E-state index in [1.54, 1.807) is 12.2 Å². The molecule has 0 spiro atoms. The normalized spacial score (nSPS) is 44.5. The van der Waals surface area contributed by atoms with E-state index in [1.165, 1.54) is 6.08 Å². The van der Waals surface area contributed by atoms with Gasteiger partial charge in [0.15, 0.2) is 6.29 Å². The fraction of sp³-hybridized carbons (Fsp3) is 0.643. The number of aliphatic hydroxyl groups excluding tert-OH is 4. The van der Waals surface area contributed by atoms with Crippen LogP contribution in [0.15, 0.2) is 23.8 Å². The predicted octanol–water partition coefficient (Wildman–Crippen LogP) is -2.02. The molecule has 0 aromatic heterocycles. The minimum absolute atomic E-state index is 0.364. The highest BCUT2D eigenvalue weighted by Crippen LogP contribution is 2.30. The van der Waals surface area contributed by atoms with Crippen molar-refractivity contribution in [2.45, 2.75) is 49.3 Å². The van der Waals surface area contributed by atoms with Crippen molar-refractivity contribution in [1.29, 1.82) is 0 Å². The molecule has 4 N–H and O–H groups in total. The second-order valence-corrected chi connectivity index (χ2v) is 5.54. The van der Waals surface area contributed by atoms with Crippen LogP contribution in [0.3, 0.4) is 0 Å². The van der Waals surface area contributed by atoms with Crippen molar-refractivity contribution < 1.29 is 39.4 Å². The van der Waals surface area contributed by atoms with Gasteiger partial charge in [0.25, 0.3) is 0 Å². The molecule has 3 rings (SSSR count). The standard InChI is InChI=1S/C14H18O8/c15-5-9-11(17)12(18)13(19)14(22-9)20-7-2-1-6-3-10(16)21-8(6)4-7/h1-3,7-9,11-15,17-19H,4-5H2/t7-,8?,9?,11?,12?,13?,14?/m1/s1. The van der Waals surface area contributed by atoms with Crippen molar-refractivity contribution in [1.82, 2.24) is 0 Å². The number of ether oxygens (including phenoxy) is 3. The molecule has 0 amide bonds. The van der Waals surface area contributed by atoms with Gasteiger partial charge in [-0.1, -0.05) is 12.2 Å². The van der Waals surface area contributed by atoms with E-state index in [9.17, 15) is 20.1 Å². The Balaban J connectivity index is 1.65. The Labute approximate surface area is 126 Å². The van der Waals surface area contributed by atoms with Crippen LogP contribution in [0.1, 0.15) is 6.42 Å². The maximum absolute atomic E-state index is 11.2. The van der Waals surface area contributed by atoms with E-state index in [0.717, 1.165) is 5.57 Å². The van der Waals surface area contributed by atoms with Crippen molar-refractivity contribution in [3.8, 4) is 0 Å². The number of carbonyl (C=O) groups is 1. The van der Waals surface area contributed by atoms with E-state index >= 15 is 0 Å². The number of hydrogen-bond acceptors (Lipinski definition) is 8. The molecule has 0 aromatic rings. The van der Waals surface area contributed by atoms with Crippen LogP contribution in [0.5, 0.6) is 0 Å². The number of fused-ring (bicyclic) bond motifs is 1. The van der Waals surface area contributed by atoms with E-state index < -0.39 is 55.5 Å². The molecular formula is C14H18O8. The van der Waals surface area contributed by atoms with Gasteiger partial charge in [0, 0.05) is 12.5 Å². The first-order valence-electron chi connectivity index (χ1n) is 7.06. The van der Waals surface area contributed by atoms with Gasteiger partial charge in [0.1, 0.15) is 30.5 Å². The minimum atomic E-state index is -1.48. The topological polar surface area (TPSA) is 126 Å². The molecule has 8 heteroatoms. The summed E-state index contributed by atoms with van der Waals surface area (Å²) in [4.78, 5) is 11.2. The molecule has 22 heavy (non-hydrogen) atoms. The first-order chi connectivity index (χ1) is 10.5. The average molecular weight is 314 g/mol. The van der Waals surface area contributed by atoms with E-state index in [-0.39, 0.29) is 0 Å². The van der Waals surface area contributed by atoms with Crippen LogP contribution in [-0.4, -0.2) is 75.9 Å². The summed E-state index contributed by atoms with van der Waals surface area (Å²) in [6.45, 7) is -0.515. The van der Waals surface area contributed by atoms with Crippen LogP contribution in [0.25, 0.3) is 0 Å². The van der Waals surface area contributed by atoms with Gasteiger partial charge in [-0.2, -0.15) is 0 Å². The van der Waals surface area contributed by atoms with Gasteiger partial charge in [-0.05, 0) is 5.57 Å². The summed E-state index contributed by atoms with van der Waals surface area (Å²) in [6.07, 6.45) is -2.29. The molecule has 1 saturated heterocycles. The summed E-state index contributed by atoms with van der Waals surface area (Å²) in [5.41, 5.74) is 0.763. The Morgan fingerprint density at radius 1 is 1.23 bits per heavy atom. The summed E-state index contributed by atoms with van der Waals surface area (Å²) in [6, 6.07) is 0. The predicted molar refractivity (Wildman–Crippen MR) is 70.4 cm³/mol. The molecule has 6 unspecified atom stereocenters. The summed E-state index contributed by atoms with van der Waals surface area (Å²) in [5.74, 6) is -0.404. The Morgan fingerprint density at radius 2 is 2.00 bits per heavy atom. The zero-order valence-electron chi connectivity index (χ0n) is 11.6. The quantitative estimate of drug-likeness (QED) is 0.440. The molecule has 2 heterocycles. The highest BCUT2D eigenvalue weighted by atomic mass is 16.7. The highest BCUT2D eigenvalue weighted by molar-refractivity contribution is 5.86. The lowest BCUT2D eigenvalue weighted by molar-refractivity contribution is -0.308. The molecule has 1 fully saturated rings. The van der Waals surface area contributed by atoms with Gasteiger partial charge >= 0.3 is 5.97 Å². The van der Waals surface area contributed by atoms with E-state index in [4.69, 9.17) is 19.3 Å². The number of hydrogen-bond donors (Lipinski definition) is 4. The summed E-state index contributed by atoms with van der Waals surface area (Å²) >= 11 is 0. The van der Waals surface area contributed by atoms with Crippen molar-refractivity contribution in [2.75, 3.05) is 6.61 Å². The molecule has 8 nitrogen and oxygen atoms in total. The Kier molecular flexibility index (Phi) is 4.31. The second-order valence-electron chi connectivity index (χ2n) is 5.54. The lowest BCUT2D eigenvalue weighted by Gasteiger charge is -2.41. The Morgan fingerprint density at radius 3 is 2.73 bits per heavy atom. The van der Waals surface area contributed by atoms with E-state index in [2.05, 4.69) is 0 Å². The monoisotopic (exact) mass is 314 g/mol. The van der Waals surface area contributed by atoms with Crippen molar-refractivity contribution in [3.05, 3.63) is 23.8 Å². The molecule has 0 aromatic carbocycles. The lowest BCUT2D eigenvalue weighted by Crippen LogP contribution is -2.59. The van der Waals surface area contributed by atoms with E-state index in [1.807, 2.05) is 0 Å². The first kappa shape index (κ1) is 15.6. The van der Waals surface area contributed by atoms with Gasteiger partial charge in [-0.15, -0.1) is 0 Å². The smallest absolute Gasteiger partial charge is 0.331 e. The van der Waals surface area contributed by atoms with Crippen LogP contribution in [0.2, 0.25) is 0 Å². The van der Waals surface area contributed by atoms with Crippen LogP contribution in [0.4, 0.5) is 0 Å². The van der Waals surface area contributed by atoms with Crippen LogP contribution >= 0.6 is 0 Å². The molecular weight excluding hydrogens is 296 g/mol. The molecule has 2 aliphatic heterocycles. The second kappa shape index (κ2) is 6.07. The molecule has 122 valence electrons. The van der Waals surface area contributed by atoms with Gasteiger partial charge in [0.2, 0.25) is 0 Å². The van der Waals surface area contributed by atoms with Gasteiger partial charge in [-0.3, -0.25) is 0 Å². The van der Waals surface area contributed by atoms with Crippen molar-refractivity contribution >= 4 is 5.97 Å². The molecule has 3 aliphatic rings. The Bertz CT molecular complexity index is 499. The number of esters is 1. The van der Waals surface area contributed by atoms with Crippen LogP contribution < -0.4 is 0 Å². The fourth-order valence-electron chi connectivity index (χ4n) is 2.77. The lowest BCUT2D eigenvalue weighted by atomic mass is 9.96. The number of carbonyl (C=O) groups excluding carboxylic acids is 1. The average Bonchev–Trinajstić information content (AvgIpc) is 2.87. The summed E-state index contributed by atoms with van der Waals surface area (Å²) in [7, 11) is 0. The van der Waals surface area contributed by atoms with Gasteiger partial charge in [-0.25, -0.2) is 4.79 Å². The maximum atomic E-state index is 11.2. The SMILES string of the molecule is O=C1C=C2C=C[C@@H](OC3OC(CO)C(O)C(O)C3O)CC2O1. The van der Waals surface area contributed by atoms with Gasteiger partial charge in [0.05, 0.1) is 12.7 Å². The minimum Gasteiger partial charge on any atom is -0.454 e. The third kappa shape index (κ3) is 2.81. The molecule has 0 radical (unpaired) electrons. The van der Waals surface area contributed by atoms with Gasteiger partial charge < -0.3 is 34.6 Å². The third-order valence-corrected chi connectivity index (χ3v) is 4.02. The zero-order chi connectivity index (χ0) is 15.9. The maximum Gasteiger partial charge on any atom is 0.331 e. The molecule has 7 atom stereocenters. The third-order valence-electron chi connectivity index (χ3n) is 4.02. The molecule has 0 saturated carbocycles. The number of rotatable bonds is 3. The number of aliphatic hydroxyl groups is 4. The van der Waals surface area contributed by atoms with Crippen LogP contribution in [-0.2, 0) is 19.0 Å². The molecule has 1 aliphatic carbocycles. The summed E-state index contributed by atoms with van der Waals surface area (Å²) < 4.78 is 16.0. The van der Waals surface area contributed by atoms with Crippen molar-refractivity contribution in [2.24, 2.45) is 0 Å². The first-order valence-corrected chi connectivity index (χ1v) is 7.06. The zero-order valence-corrected chi connectivity index (χ0v) is 11.6. The molecule has 0 bridgehead atoms. The van der Waals surface area contributed by atoms with Crippen LogP contribution in [0, 0.1) is 0 Å². The highest BCUT2D eigenvalue weighted by Gasteiger charge is 2.45. The largest absolute Gasteiger partial charge is 0.454 e.